The largest absolute Gasteiger partial charge is 0.309 e. The quantitative estimate of drug-likeness (QED) is 0.147. The Morgan fingerprint density at radius 1 is 0.303 bits per heavy atom. The smallest absolute Gasteiger partial charge is 0.0541 e. The van der Waals surface area contributed by atoms with Gasteiger partial charge in [-0.15, -0.1) is 0 Å². The predicted molar refractivity (Wildman–Crippen MR) is 330 cm³/mol. The maximum atomic E-state index is 2.52. The molecule has 0 aliphatic heterocycles. The summed E-state index contributed by atoms with van der Waals surface area (Å²) in [5.74, 6) is 0. The molecule has 0 radical (unpaired) electrons. The molecule has 0 fully saturated rings. The fourth-order valence-corrected chi connectivity index (χ4v) is 11.1. The molecule has 10 aromatic carbocycles. The molecule has 0 bridgehead atoms. The van der Waals surface area contributed by atoms with Gasteiger partial charge in [0.25, 0.3) is 0 Å². The van der Waals surface area contributed by atoms with Crippen molar-refractivity contribution in [3.63, 3.8) is 0 Å². The minimum atomic E-state index is -0.0430. The summed E-state index contributed by atoms with van der Waals surface area (Å²) in [6, 6.07) is 82.1. The molecule has 76 heavy (non-hydrogen) atoms. The molecule has 0 aliphatic rings. The minimum absolute atomic E-state index is 0.0188. The van der Waals surface area contributed by atoms with E-state index < -0.39 is 0 Å². The number of nitrogens with zero attached hydrogens (tertiary/aromatic N) is 2. The molecule has 0 aliphatic carbocycles. The zero-order chi connectivity index (χ0) is 53.3. The van der Waals surface area contributed by atoms with Gasteiger partial charge < -0.3 is 9.47 Å². The van der Waals surface area contributed by atoms with Gasteiger partial charge in [-0.25, -0.2) is 0 Å². The molecule has 1 aromatic heterocycles. The van der Waals surface area contributed by atoms with Crippen molar-refractivity contribution in [3.05, 3.63) is 241 Å². The Morgan fingerprint density at radius 3 is 1.33 bits per heavy atom. The number of aromatic nitrogens is 1. The van der Waals surface area contributed by atoms with Gasteiger partial charge >= 0.3 is 0 Å². The summed E-state index contributed by atoms with van der Waals surface area (Å²) in [7, 11) is 0. The molecule has 2 nitrogen and oxygen atoms in total. The van der Waals surface area contributed by atoms with E-state index >= 15 is 0 Å². The Hall–Kier alpha value is -7.94. The highest BCUT2D eigenvalue weighted by atomic mass is 15.1. The summed E-state index contributed by atoms with van der Waals surface area (Å²) in [5.41, 5.74) is 21.7. The number of hydrogen-bond donors (Lipinski definition) is 0. The fraction of sp³-hybridized carbons (Fsp3) is 0.216. The third-order valence-electron chi connectivity index (χ3n) is 15.6. The lowest BCUT2D eigenvalue weighted by atomic mass is 9.78. The van der Waals surface area contributed by atoms with E-state index in [1.807, 2.05) is 0 Å². The molecule has 11 aromatic rings. The lowest BCUT2D eigenvalue weighted by Gasteiger charge is -2.31. The molecule has 0 saturated carbocycles. The van der Waals surface area contributed by atoms with Crippen LogP contribution in [0, 0.1) is 0 Å². The molecule has 0 saturated heterocycles. The van der Waals surface area contributed by atoms with E-state index in [1.165, 1.54) is 99.3 Å². The van der Waals surface area contributed by atoms with E-state index in [2.05, 4.69) is 311 Å². The van der Waals surface area contributed by atoms with Crippen LogP contribution in [0.25, 0.3) is 82.8 Å². The number of hydrogen-bond acceptors (Lipinski definition) is 1. The number of rotatable bonds is 8. The van der Waals surface area contributed by atoms with E-state index in [4.69, 9.17) is 0 Å². The maximum Gasteiger partial charge on any atom is 0.0541 e. The summed E-state index contributed by atoms with van der Waals surface area (Å²) in [4.78, 5) is 2.52. The van der Waals surface area contributed by atoms with E-state index in [1.54, 1.807) is 0 Å². The van der Waals surface area contributed by atoms with Crippen LogP contribution < -0.4 is 4.90 Å². The van der Waals surface area contributed by atoms with Crippen LogP contribution >= 0.6 is 0 Å². The summed E-state index contributed by atoms with van der Waals surface area (Å²) in [6.07, 6.45) is 0. The first-order valence-corrected chi connectivity index (χ1v) is 27.2. The number of anilines is 3. The summed E-state index contributed by atoms with van der Waals surface area (Å²) < 4.78 is 2.39. The highest BCUT2D eigenvalue weighted by Crippen LogP contribution is 2.49. The molecule has 0 spiro atoms. The standard InChI is InChI=1S/C74H72N2/c1-71(2,3)54-42-52(43-55(47-54)72(4,5)6)60-28-16-19-33-66(60)76(59-39-36-49(37-40-59)51-38-41-69-65(46-51)63-30-18-21-35-68(63)75(69)58-26-14-13-15-27-58)67-34-20-17-29-62(67)64-32-23-25-50-24-22-31-61(70(50)64)53-44-56(73(7,8)9)48-57(45-53)74(10,11)12/h13-48H,1-12H3. The third kappa shape index (κ3) is 9.45. The Balaban J connectivity index is 1.13. The average molecular weight is 989 g/mol. The van der Waals surface area contributed by atoms with Crippen molar-refractivity contribution in [1.29, 1.82) is 0 Å². The molecule has 1 heterocycles. The number of para-hydroxylation sites is 4. The SMILES string of the molecule is CC(C)(C)c1cc(-c2ccccc2N(c2ccc(-c3ccc4c(c3)c3ccccc3n4-c3ccccc3)cc2)c2ccccc2-c2cccc3cccc(-c4cc(C(C)(C)C)cc(C(C)(C)C)c4)c23)cc(C(C)(C)C)c1. The Bertz CT molecular complexity index is 3880. The second kappa shape index (κ2) is 19.0. The van der Waals surface area contributed by atoms with E-state index in [0.717, 1.165) is 22.7 Å². The lowest BCUT2D eigenvalue weighted by Crippen LogP contribution is -2.17. The molecule has 11 rings (SSSR count). The van der Waals surface area contributed by atoms with Gasteiger partial charge in [-0.3, -0.25) is 0 Å². The van der Waals surface area contributed by atoms with Crippen LogP contribution in [0.3, 0.4) is 0 Å². The summed E-state index contributed by atoms with van der Waals surface area (Å²) >= 11 is 0. The van der Waals surface area contributed by atoms with Gasteiger partial charge in [-0.2, -0.15) is 0 Å². The van der Waals surface area contributed by atoms with Gasteiger partial charge in [0.2, 0.25) is 0 Å². The molecular weight excluding hydrogens is 917 g/mol. The van der Waals surface area contributed by atoms with E-state index in [0.29, 0.717) is 0 Å². The molecule has 0 amide bonds. The second-order valence-corrected chi connectivity index (χ2v) is 25.1. The van der Waals surface area contributed by atoms with E-state index in [-0.39, 0.29) is 21.7 Å². The fourth-order valence-electron chi connectivity index (χ4n) is 11.1. The monoisotopic (exact) mass is 989 g/mol. The van der Waals surface area contributed by atoms with Crippen LogP contribution in [0.2, 0.25) is 0 Å². The predicted octanol–water partition coefficient (Wildman–Crippen LogP) is 21.3. The van der Waals surface area contributed by atoms with Crippen molar-refractivity contribution >= 4 is 49.6 Å². The highest BCUT2D eigenvalue weighted by Gasteiger charge is 2.27. The van der Waals surface area contributed by atoms with Crippen LogP contribution in [0.1, 0.15) is 105 Å². The van der Waals surface area contributed by atoms with Gasteiger partial charge in [0, 0.05) is 33.3 Å². The number of benzene rings is 10. The molecule has 378 valence electrons. The zero-order valence-corrected chi connectivity index (χ0v) is 46.7. The summed E-state index contributed by atoms with van der Waals surface area (Å²) in [5, 5.41) is 4.96. The van der Waals surface area contributed by atoms with Gasteiger partial charge in [-0.05, 0) is 143 Å². The van der Waals surface area contributed by atoms with Crippen LogP contribution in [0.5, 0.6) is 0 Å². The van der Waals surface area contributed by atoms with Crippen LogP contribution in [0.15, 0.2) is 218 Å². The van der Waals surface area contributed by atoms with Crippen molar-refractivity contribution in [3.8, 4) is 50.2 Å². The van der Waals surface area contributed by atoms with Crippen LogP contribution in [-0.2, 0) is 21.7 Å². The van der Waals surface area contributed by atoms with Crippen molar-refractivity contribution in [1.82, 2.24) is 4.57 Å². The average Bonchev–Trinajstić information content (AvgIpc) is 3.82. The Morgan fingerprint density at radius 2 is 0.750 bits per heavy atom. The summed E-state index contributed by atoms with van der Waals surface area (Å²) in [6.45, 7) is 27.9. The first-order chi connectivity index (χ1) is 36.2. The third-order valence-corrected chi connectivity index (χ3v) is 15.6. The van der Waals surface area contributed by atoms with Crippen molar-refractivity contribution in [2.24, 2.45) is 0 Å². The maximum absolute atomic E-state index is 2.52. The van der Waals surface area contributed by atoms with Crippen LogP contribution in [0.4, 0.5) is 17.1 Å². The first kappa shape index (κ1) is 50.2. The number of fused-ring (bicyclic) bond motifs is 4. The lowest BCUT2D eigenvalue weighted by molar-refractivity contribution is 0.568. The molecule has 2 heteroatoms. The Labute approximate surface area is 452 Å². The highest BCUT2D eigenvalue weighted by molar-refractivity contribution is 6.11. The molecule has 0 unspecified atom stereocenters. The van der Waals surface area contributed by atoms with Gasteiger partial charge in [-0.1, -0.05) is 247 Å². The topological polar surface area (TPSA) is 8.17 Å². The van der Waals surface area contributed by atoms with Crippen LogP contribution in [-0.4, -0.2) is 4.57 Å². The van der Waals surface area contributed by atoms with Gasteiger partial charge in [0.05, 0.1) is 22.4 Å². The van der Waals surface area contributed by atoms with Crippen molar-refractivity contribution in [2.75, 3.05) is 4.90 Å². The second-order valence-electron chi connectivity index (χ2n) is 25.1. The molecular formula is C74H72N2. The minimum Gasteiger partial charge on any atom is -0.309 e. The first-order valence-electron chi connectivity index (χ1n) is 27.2. The zero-order valence-electron chi connectivity index (χ0n) is 46.7. The van der Waals surface area contributed by atoms with Crippen molar-refractivity contribution in [2.45, 2.75) is 105 Å². The van der Waals surface area contributed by atoms with E-state index in [9.17, 15) is 0 Å². The normalized spacial score (nSPS) is 12.5. The Kier molecular flexibility index (Phi) is 12.6. The van der Waals surface area contributed by atoms with Crippen molar-refractivity contribution < 1.29 is 0 Å². The molecule has 0 N–H and O–H groups in total. The molecule has 0 atom stereocenters. The van der Waals surface area contributed by atoms with Gasteiger partial charge in [0.1, 0.15) is 0 Å². The van der Waals surface area contributed by atoms with Gasteiger partial charge in [0.15, 0.2) is 0 Å².